The first kappa shape index (κ1) is 16.6. The summed E-state index contributed by atoms with van der Waals surface area (Å²) < 4.78 is 47.9. The van der Waals surface area contributed by atoms with Crippen LogP contribution in [0, 0.1) is 0 Å². The Labute approximate surface area is 131 Å². The van der Waals surface area contributed by atoms with Gasteiger partial charge in [-0.1, -0.05) is 18.2 Å². The highest BCUT2D eigenvalue weighted by molar-refractivity contribution is 5.86. The maximum absolute atomic E-state index is 12.7. The van der Waals surface area contributed by atoms with E-state index < -0.39 is 17.7 Å². The molecule has 0 N–H and O–H groups in total. The summed E-state index contributed by atoms with van der Waals surface area (Å²) in [5, 5.41) is 0. The van der Waals surface area contributed by atoms with E-state index in [1.54, 1.807) is 24.3 Å². The monoisotopic (exact) mass is 322 g/mol. The summed E-state index contributed by atoms with van der Waals surface area (Å²) in [7, 11) is 1.26. The van der Waals surface area contributed by atoms with Crippen molar-refractivity contribution < 1.29 is 27.4 Å². The van der Waals surface area contributed by atoms with E-state index >= 15 is 0 Å². The van der Waals surface area contributed by atoms with Crippen LogP contribution in [-0.2, 0) is 15.7 Å². The van der Waals surface area contributed by atoms with Gasteiger partial charge in [0.05, 0.1) is 12.7 Å². The van der Waals surface area contributed by atoms with E-state index in [1.165, 1.54) is 31.4 Å². The van der Waals surface area contributed by atoms with Gasteiger partial charge < -0.3 is 9.47 Å². The van der Waals surface area contributed by atoms with E-state index in [0.29, 0.717) is 11.3 Å². The van der Waals surface area contributed by atoms with E-state index in [4.69, 9.17) is 4.74 Å². The molecule has 0 saturated heterocycles. The van der Waals surface area contributed by atoms with Gasteiger partial charge in [-0.15, -0.1) is 0 Å². The molecule has 0 atom stereocenters. The van der Waals surface area contributed by atoms with Gasteiger partial charge in [-0.05, 0) is 42.0 Å². The Balaban J connectivity index is 2.18. The van der Waals surface area contributed by atoms with Crippen LogP contribution in [0.2, 0.25) is 0 Å². The number of rotatable bonds is 4. The molecule has 2 aromatic rings. The Morgan fingerprint density at radius 1 is 1.04 bits per heavy atom. The van der Waals surface area contributed by atoms with Crippen LogP contribution in [0.1, 0.15) is 11.1 Å². The number of alkyl halides is 3. The van der Waals surface area contributed by atoms with E-state index in [-0.39, 0.29) is 5.75 Å². The van der Waals surface area contributed by atoms with Crippen molar-refractivity contribution in [3.8, 4) is 11.5 Å². The van der Waals surface area contributed by atoms with E-state index in [9.17, 15) is 18.0 Å². The van der Waals surface area contributed by atoms with Gasteiger partial charge in [0.1, 0.15) is 11.5 Å². The summed E-state index contributed by atoms with van der Waals surface area (Å²) in [4.78, 5) is 11.0. The first-order chi connectivity index (χ1) is 10.9. The Morgan fingerprint density at radius 3 is 2.35 bits per heavy atom. The molecule has 23 heavy (non-hydrogen) atoms. The molecule has 0 spiro atoms. The van der Waals surface area contributed by atoms with Crippen LogP contribution in [0.4, 0.5) is 13.2 Å². The van der Waals surface area contributed by atoms with Crippen molar-refractivity contribution in [1.29, 1.82) is 0 Å². The van der Waals surface area contributed by atoms with Crippen molar-refractivity contribution in [2.24, 2.45) is 0 Å². The average Bonchev–Trinajstić information content (AvgIpc) is 2.52. The zero-order chi connectivity index (χ0) is 16.9. The van der Waals surface area contributed by atoms with Crippen LogP contribution in [0.5, 0.6) is 11.5 Å². The van der Waals surface area contributed by atoms with Gasteiger partial charge >= 0.3 is 12.1 Å². The second kappa shape index (κ2) is 7.00. The molecule has 0 bridgehead atoms. The van der Waals surface area contributed by atoms with Gasteiger partial charge in [0.15, 0.2) is 0 Å². The maximum Gasteiger partial charge on any atom is 0.416 e. The molecule has 0 fully saturated rings. The van der Waals surface area contributed by atoms with Gasteiger partial charge in [0.2, 0.25) is 0 Å². The maximum atomic E-state index is 12.7. The Kier molecular flexibility index (Phi) is 5.05. The normalized spacial score (nSPS) is 11.5. The summed E-state index contributed by atoms with van der Waals surface area (Å²) in [5.74, 6) is -0.0699. The van der Waals surface area contributed by atoms with Gasteiger partial charge in [-0.2, -0.15) is 13.2 Å². The zero-order valence-electron chi connectivity index (χ0n) is 12.1. The number of hydrogen-bond donors (Lipinski definition) is 0. The smallest absolute Gasteiger partial charge is 0.416 e. The minimum atomic E-state index is -4.43. The molecule has 0 aliphatic heterocycles. The number of esters is 1. The predicted molar refractivity (Wildman–Crippen MR) is 79.0 cm³/mol. The van der Waals surface area contributed by atoms with Crippen LogP contribution in [0.15, 0.2) is 54.6 Å². The standard InChI is InChI=1S/C17H13F3O3/c1-22-16(21)9-8-12-4-2-6-14(10-12)23-15-7-3-5-13(11-15)17(18,19)20/h2-11H,1H3. The molecule has 0 amide bonds. The minimum absolute atomic E-state index is 0.0777. The number of hydrogen-bond acceptors (Lipinski definition) is 3. The highest BCUT2D eigenvalue weighted by Crippen LogP contribution is 2.32. The average molecular weight is 322 g/mol. The summed E-state index contributed by atoms with van der Waals surface area (Å²) in [5.41, 5.74) is -0.128. The molecule has 0 radical (unpaired) electrons. The molecule has 0 aromatic heterocycles. The summed E-state index contributed by atoms with van der Waals surface area (Å²) in [6.45, 7) is 0. The Morgan fingerprint density at radius 2 is 1.70 bits per heavy atom. The van der Waals surface area contributed by atoms with Crippen LogP contribution in [0.3, 0.4) is 0 Å². The molecular formula is C17H13F3O3. The number of benzene rings is 2. The highest BCUT2D eigenvalue weighted by atomic mass is 19.4. The number of methoxy groups -OCH3 is 1. The summed E-state index contributed by atoms with van der Waals surface area (Å²) in [6.07, 6.45) is -1.67. The minimum Gasteiger partial charge on any atom is -0.466 e. The molecule has 3 nitrogen and oxygen atoms in total. The van der Waals surface area contributed by atoms with Crippen molar-refractivity contribution >= 4 is 12.0 Å². The lowest BCUT2D eigenvalue weighted by Gasteiger charge is -2.10. The third-order valence-corrected chi connectivity index (χ3v) is 2.87. The Hall–Kier alpha value is -2.76. The third-order valence-electron chi connectivity index (χ3n) is 2.87. The van der Waals surface area contributed by atoms with Crippen LogP contribution in [-0.4, -0.2) is 13.1 Å². The molecule has 120 valence electrons. The lowest BCUT2D eigenvalue weighted by Crippen LogP contribution is -2.04. The molecule has 6 heteroatoms. The quantitative estimate of drug-likeness (QED) is 0.605. The zero-order valence-corrected chi connectivity index (χ0v) is 12.1. The second-order valence-corrected chi connectivity index (χ2v) is 4.56. The van der Waals surface area contributed by atoms with Gasteiger partial charge in [-0.25, -0.2) is 4.79 Å². The molecular weight excluding hydrogens is 309 g/mol. The van der Waals surface area contributed by atoms with Crippen molar-refractivity contribution in [2.45, 2.75) is 6.18 Å². The molecule has 2 aromatic carbocycles. The van der Waals surface area contributed by atoms with Crippen molar-refractivity contribution in [1.82, 2.24) is 0 Å². The predicted octanol–water partition coefficient (Wildman–Crippen LogP) is 4.68. The van der Waals surface area contributed by atoms with Crippen molar-refractivity contribution in [3.63, 3.8) is 0 Å². The number of halogens is 3. The molecule has 0 unspecified atom stereocenters. The Bertz CT molecular complexity index is 721. The number of carbonyl (C=O) groups is 1. The summed E-state index contributed by atoms with van der Waals surface area (Å²) >= 11 is 0. The van der Waals surface area contributed by atoms with Crippen LogP contribution >= 0.6 is 0 Å². The van der Waals surface area contributed by atoms with E-state index in [1.807, 2.05) is 0 Å². The molecule has 0 aliphatic rings. The topological polar surface area (TPSA) is 35.5 Å². The fourth-order valence-corrected chi connectivity index (χ4v) is 1.79. The highest BCUT2D eigenvalue weighted by Gasteiger charge is 2.30. The van der Waals surface area contributed by atoms with Crippen LogP contribution in [0.25, 0.3) is 6.08 Å². The third kappa shape index (κ3) is 4.88. The van der Waals surface area contributed by atoms with Gasteiger partial charge in [0, 0.05) is 6.08 Å². The number of ether oxygens (including phenoxy) is 2. The lowest BCUT2D eigenvalue weighted by atomic mass is 10.2. The number of carbonyl (C=O) groups excluding carboxylic acids is 1. The lowest BCUT2D eigenvalue weighted by molar-refractivity contribution is -0.137. The van der Waals surface area contributed by atoms with E-state index in [2.05, 4.69) is 4.74 Å². The first-order valence-electron chi connectivity index (χ1n) is 6.60. The van der Waals surface area contributed by atoms with Crippen LogP contribution < -0.4 is 4.74 Å². The first-order valence-corrected chi connectivity index (χ1v) is 6.60. The second-order valence-electron chi connectivity index (χ2n) is 4.56. The fraction of sp³-hybridized carbons (Fsp3) is 0.118. The van der Waals surface area contributed by atoms with Crippen molar-refractivity contribution in [3.05, 3.63) is 65.7 Å². The molecule has 2 rings (SSSR count). The summed E-state index contributed by atoms with van der Waals surface area (Å²) in [6, 6.07) is 11.2. The van der Waals surface area contributed by atoms with E-state index in [0.717, 1.165) is 12.1 Å². The molecule has 0 heterocycles. The molecule has 0 saturated carbocycles. The van der Waals surface area contributed by atoms with Crippen molar-refractivity contribution in [2.75, 3.05) is 7.11 Å². The van der Waals surface area contributed by atoms with Gasteiger partial charge in [0.25, 0.3) is 0 Å². The van der Waals surface area contributed by atoms with Gasteiger partial charge in [-0.3, -0.25) is 0 Å². The SMILES string of the molecule is COC(=O)C=Cc1cccc(Oc2cccc(C(F)(F)F)c2)c1. The largest absolute Gasteiger partial charge is 0.466 e. The molecule has 0 aliphatic carbocycles. The fourth-order valence-electron chi connectivity index (χ4n) is 1.79.